The van der Waals surface area contributed by atoms with E-state index in [2.05, 4.69) is 36.5 Å². The predicted octanol–water partition coefficient (Wildman–Crippen LogP) is 2.70. The van der Waals surface area contributed by atoms with Crippen molar-refractivity contribution in [1.82, 2.24) is 10.2 Å². The Balaban J connectivity index is 2.05. The fourth-order valence-electron chi connectivity index (χ4n) is 3.35. The molecule has 1 N–H and O–H groups in total. The van der Waals surface area contributed by atoms with Crippen molar-refractivity contribution in [2.45, 2.75) is 51.5 Å². The van der Waals surface area contributed by atoms with Crippen molar-refractivity contribution in [3.63, 3.8) is 0 Å². The van der Waals surface area contributed by atoms with Gasteiger partial charge in [-0.15, -0.1) is 0 Å². The molecule has 120 valence electrons. The summed E-state index contributed by atoms with van der Waals surface area (Å²) in [5.74, 6) is 0.340. The maximum Gasteiger partial charge on any atom is 0.242 e. The number of benzene rings is 1. The average Bonchev–Trinajstić information content (AvgIpc) is 3.03. The van der Waals surface area contributed by atoms with Gasteiger partial charge in [-0.25, -0.2) is 0 Å². The van der Waals surface area contributed by atoms with Gasteiger partial charge in [-0.3, -0.25) is 9.59 Å². The number of nitrogens with one attached hydrogen (secondary N) is 1. The van der Waals surface area contributed by atoms with Crippen LogP contribution in [0.5, 0.6) is 0 Å². The van der Waals surface area contributed by atoms with Crippen molar-refractivity contribution in [2.24, 2.45) is 0 Å². The smallest absolute Gasteiger partial charge is 0.242 e. The first kappa shape index (κ1) is 16.5. The first-order valence-corrected chi connectivity index (χ1v) is 8.28. The Bertz CT molecular complexity index is 501. The molecule has 0 bridgehead atoms. The van der Waals surface area contributed by atoms with Crippen LogP contribution in [0.4, 0.5) is 0 Å². The molecule has 1 aromatic rings. The molecule has 0 unspecified atom stereocenters. The number of amides is 2. The van der Waals surface area contributed by atoms with Crippen molar-refractivity contribution in [3.8, 4) is 0 Å². The van der Waals surface area contributed by atoms with Gasteiger partial charge in [-0.2, -0.15) is 0 Å². The van der Waals surface area contributed by atoms with Crippen LogP contribution in [0, 0.1) is 0 Å². The van der Waals surface area contributed by atoms with E-state index < -0.39 is 0 Å². The van der Waals surface area contributed by atoms with E-state index in [1.807, 2.05) is 11.0 Å². The lowest BCUT2D eigenvalue weighted by Crippen LogP contribution is -2.44. The number of rotatable bonds is 6. The summed E-state index contributed by atoms with van der Waals surface area (Å²) in [6.45, 7) is 4.89. The molecule has 22 heavy (non-hydrogen) atoms. The number of carbonyl (C=O) groups excluding carboxylic acids is 2. The van der Waals surface area contributed by atoms with Gasteiger partial charge in [0.15, 0.2) is 0 Å². The average molecular weight is 302 g/mol. The number of likely N-dealkylation sites (tertiary alicyclic amines) is 1. The second-order valence-electron chi connectivity index (χ2n) is 5.85. The lowest BCUT2D eigenvalue weighted by Gasteiger charge is -2.31. The molecular weight excluding hydrogens is 276 g/mol. The molecule has 2 amide bonds. The second kappa shape index (κ2) is 7.97. The molecule has 1 heterocycles. The zero-order chi connectivity index (χ0) is 15.9. The molecule has 4 nitrogen and oxygen atoms in total. The van der Waals surface area contributed by atoms with Gasteiger partial charge in [-0.1, -0.05) is 44.2 Å². The normalized spacial score (nSPS) is 19.0. The van der Waals surface area contributed by atoms with Crippen molar-refractivity contribution in [3.05, 3.63) is 35.9 Å². The van der Waals surface area contributed by atoms with Gasteiger partial charge in [0.2, 0.25) is 11.8 Å². The Hall–Kier alpha value is -1.84. The molecule has 0 aromatic heterocycles. The summed E-state index contributed by atoms with van der Waals surface area (Å²) in [6.07, 6.45) is 3.51. The Kier molecular flexibility index (Phi) is 5.99. The molecule has 4 heteroatoms. The van der Waals surface area contributed by atoms with Gasteiger partial charge < -0.3 is 10.2 Å². The maximum atomic E-state index is 12.4. The quantitative estimate of drug-likeness (QED) is 0.878. The van der Waals surface area contributed by atoms with Gasteiger partial charge in [0.05, 0.1) is 6.54 Å². The van der Waals surface area contributed by atoms with Crippen LogP contribution in [0.1, 0.15) is 51.0 Å². The van der Waals surface area contributed by atoms with Crippen molar-refractivity contribution < 1.29 is 9.59 Å². The first-order valence-electron chi connectivity index (χ1n) is 8.28. The second-order valence-corrected chi connectivity index (χ2v) is 5.85. The maximum absolute atomic E-state index is 12.4. The summed E-state index contributed by atoms with van der Waals surface area (Å²) in [6, 6.07) is 10.7. The molecule has 0 spiro atoms. The zero-order valence-electron chi connectivity index (χ0n) is 13.5. The van der Waals surface area contributed by atoms with Crippen molar-refractivity contribution in [2.75, 3.05) is 13.1 Å². The van der Waals surface area contributed by atoms with Crippen LogP contribution in [-0.4, -0.2) is 35.8 Å². The standard InChI is InChI=1S/C18H26N2O2/c1-3-15(14-9-6-5-7-10-14)16-11-8-12-20(16)18(22)13-19-17(21)4-2/h5-7,9-10,15-16H,3-4,8,11-13H2,1-2H3,(H,19,21)/t15-,16-/m0/s1. The minimum atomic E-state index is -0.0702. The van der Waals surface area contributed by atoms with E-state index in [9.17, 15) is 9.59 Å². The van der Waals surface area contributed by atoms with E-state index in [-0.39, 0.29) is 24.4 Å². The molecule has 0 aliphatic carbocycles. The lowest BCUT2D eigenvalue weighted by molar-refractivity contribution is -0.133. The highest BCUT2D eigenvalue weighted by Crippen LogP contribution is 2.33. The van der Waals surface area contributed by atoms with Crippen LogP contribution < -0.4 is 5.32 Å². The van der Waals surface area contributed by atoms with Crippen molar-refractivity contribution in [1.29, 1.82) is 0 Å². The van der Waals surface area contributed by atoms with Crippen LogP contribution in [0.25, 0.3) is 0 Å². The highest BCUT2D eigenvalue weighted by molar-refractivity contribution is 5.85. The van der Waals surface area contributed by atoms with Crippen molar-refractivity contribution >= 4 is 11.8 Å². The molecule has 2 rings (SSSR count). The summed E-state index contributed by atoms with van der Waals surface area (Å²) in [4.78, 5) is 25.8. The van der Waals surface area contributed by atoms with E-state index >= 15 is 0 Å². The summed E-state index contributed by atoms with van der Waals surface area (Å²) in [7, 11) is 0. The van der Waals surface area contributed by atoms with E-state index in [0.717, 1.165) is 25.8 Å². The zero-order valence-corrected chi connectivity index (χ0v) is 13.5. The van der Waals surface area contributed by atoms with Gasteiger partial charge >= 0.3 is 0 Å². The van der Waals surface area contributed by atoms with Crippen LogP contribution in [-0.2, 0) is 9.59 Å². The SMILES string of the molecule is CCC(=O)NCC(=O)N1CCC[C@H]1[C@@H](CC)c1ccccc1. The number of carbonyl (C=O) groups is 2. The van der Waals surface area contributed by atoms with E-state index in [1.165, 1.54) is 5.56 Å². The largest absolute Gasteiger partial charge is 0.347 e. The predicted molar refractivity (Wildman–Crippen MR) is 87.5 cm³/mol. The Morgan fingerprint density at radius 2 is 2.00 bits per heavy atom. The van der Waals surface area contributed by atoms with Crippen LogP contribution in [0.3, 0.4) is 0 Å². The third-order valence-electron chi connectivity index (χ3n) is 4.51. The highest BCUT2D eigenvalue weighted by Gasteiger charge is 2.34. The third kappa shape index (κ3) is 3.87. The molecule has 1 saturated heterocycles. The van der Waals surface area contributed by atoms with Crippen LogP contribution in [0.2, 0.25) is 0 Å². The molecule has 0 saturated carbocycles. The van der Waals surface area contributed by atoms with Gasteiger partial charge in [-0.05, 0) is 24.8 Å². The summed E-state index contributed by atoms with van der Waals surface area (Å²) < 4.78 is 0. The third-order valence-corrected chi connectivity index (χ3v) is 4.51. The summed E-state index contributed by atoms with van der Waals surface area (Å²) >= 11 is 0. The highest BCUT2D eigenvalue weighted by atomic mass is 16.2. The molecule has 0 radical (unpaired) electrons. The number of nitrogens with zero attached hydrogens (tertiary/aromatic N) is 1. The molecule has 1 fully saturated rings. The molecule has 1 aliphatic rings. The van der Waals surface area contributed by atoms with E-state index in [1.54, 1.807) is 6.92 Å². The van der Waals surface area contributed by atoms with Crippen LogP contribution >= 0.6 is 0 Å². The lowest BCUT2D eigenvalue weighted by atomic mass is 9.87. The minimum Gasteiger partial charge on any atom is -0.347 e. The van der Waals surface area contributed by atoms with Gasteiger partial charge in [0.1, 0.15) is 0 Å². The molecular formula is C18H26N2O2. The van der Waals surface area contributed by atoms with E-state index in [4.69, 9.17) is 0 Å². The minimum absolute atomic E-state index is 0.0404. The van der Waals surface area contributed by atoms with Gasteiger partial charge in [0, 0.05) is 24.9 Å². The Morgan fingerprint density at radius 1 is 1.27 bits per heavy atom. The first-order chi connectivity index (χ1) is 10.7. The van der Waals surface area contributed by atoms with Crippen LogP contribution in [0.15, 0.2) is 30.3 Å². The van der Waals surface area contributed by atoms with E-state index in [0.29, 0.717) is 12.3 Å². The summed E-state index contributed by atoms with van der Waals surface area (Å²) in [5.41, 5.74) is 1.30. The summed E-state index contributed by atoms with van der Waals surface area (Å²) in [5, 5.41) is 2.70. The Morgan fingerprint density at radius 3 is 2.64 bits per heavy atom. The fraction of sp³-hybridized carbons (Fsp3) is 0.556. The number of hydrogen-bond donors (Lipinski definition) is 1. The molecule has 1 aromatic carbocycles. The Labute approximate surface area is 132 Å². The molecule has 2 atom stereocenters. The monoisotopic (exact) mass is 302 g/mol. The fourth-order valence-corrected chi connectivity index (χ4v) is 3.35. The number of hydrogen-bond acceptors (Lipinski definition) is 2. The molecule has 1 aliphatic heterocycles. The topological polar surface area (TPSA) is 49.4 Å². The van der Waals surface area contributed by atoms with Gasteiger partial charge in [0.25, 0.3) is 0 Å².